The fraction of sp³-hybridized carbons (Fsp3) is 0.179. The summed E-state index contributed by atoms with van der Waals surface area (Å²) in [5.41, 5.74) is 9.77. The summed E-state index contributed by atoms with van der Waals surface area (Å²) in [6.45, 7) is 5.75. The fourth-order valence-electron chi connectivity index (χ4n) is 4.74. The summed E-state index contributed by atoms with van der Waals surface area (Å²) in [6, 6.07) is 13.6. The molecule has 2 amide bonds. The van der Waals surface area contributed by atoms with Crippen LogP contribution in [0.2, 0.25) is 0 Å². The number of likely N-dealkylation sites (tertiary alicyclic amines) is 1. The molecule has 0 spiro atoms. The molecular formula is C28H26N6O3. The number of ketones is 1. The Kier molecular flexibility index (Phi) is 6.27. The van der Waals surface area contributed by atoms with Gasteiger partial charge in [-0.15, -0.1) is 0 Å². The maximum Gasteiger partial charge on any atom is 0.255 e. The average molecular weight is 495 g/mol. The maximum absolute atomic E-state index is 13.0. The number of nitrogens with one attached hydrogen (secondary N) is 1. The molecule has 2 aromatic carbocycles. The Labute approximate surface area is 213 Å². The van der Waals surface area contributed by atoms with Crippen molar-refractivity contribution >= 4 is 34.6 Å². The number of rotatable bonds is 6. The number of carbonyl (C=O) groups excluding carboxylic acids is 3. The van der Waals surface area contributed by atoms with Crippen LogP contribution in [0.3, 0.4) is 0 Å². The Hall–Kier alpha value is -4.79. The number of hydrogen-bond acceptors (Lipinski definition) is 6. The molecule has 5 rings (SSSR count). The number of carbonyl (C=O) groups is 3. The van der Waals surface area contributed by atoms with Crippen molar-refractivity contribution in [1.82, 2.24) is 19.3 Å². The minimum atomic E-state index is -0.300. The predicted molar refractivity (Wildman–Crippen MR) is 141 cm³/mol. The van der Waals surface area contributed by atoms with Crippen molar-refractivity contribution in [2.75, 3.05) is 17.6 Å². The van der Waals surface area contributed by atoms with Gasteiger partial charge in [0.25, 0.3) is 5.91 Å². The number of amides is 2. The van der Waals surface area contributed by atoms with Crippen LogP contribution in [-0.2, 0) is 4.79 Å². The van der Waals surface area contributed by atoms with Crippen LogP contribution < -0.4 is 11.1 Å². The van der Waals surface area contributed by atoms with Gasteiger partial charge in [-0.3, -0.25) is 18.8 Å². The van der Waals surface area contributed by atoms with Crippen LogP contribution in [0.15, 0.2) is 73.6 Å². The Morgan fingerprint density at radius 3 is 2.65 bits per heavy atom. The third-order valence-electron chi connectivity index (χ3n) is 6.57. The van der Waals surface area contributed by atoms with Crippen molar-refractivity contribution < 1.29 is 14.4 Å². The topological polar surface area (TPSA) is 123 Å². The number of anilines is 2. The normalized spacial score (nSPS) is 15.1. The van der Waals surface area contributed by atoms with Gasteiger partial charge in [0.1, 0.15) is 22.9 Å². The highest BCUT2D eigenvalue weighted by Crippen LogP contribution is 2.36. The predicted octanol–water partition coefficient (Wildman–Crippen LogP) is 4.28. The van der Waals surface area contributed by atoms with Crippen LogP contribution in [0.1, 0.15) is 52.3 Å². The van der Waals surface area contributed by atoms with Crippen molar-refractivity contribution in [3.05, 3.63) is 90.5 Å². The van der Waals surface area contributed by atoms with Crippen molar-refractivity contribution in [3.8, 4) is 11.3 Å². The van der Waals surface area contributed by atoms with Crippen LogP contribution in [0.5, 0.6) is 0 Å². The SMILES string of the molecule is C=CC(=O)N1CCC[C@H]1c1nc(-c2cccc(C(=O)Nc3ccc(C(C)=O)cc3)c2)c2c(N)nccn12. The van der Waals surface area contributed by atoms with Crippen molar-refractivity contribution in [2.24, 2.45) is 0 Å². The van der Waals surface area contributed by atoms with Gasteiger partial charge in [0, 0.05) is 41.3 Å². The molecule has 0 bridgehead atoms. The van der Waals surface area contributed by atoms with E-state index >= 15 is 0 Å². The van der Waals surface area contributed by atoms with Gasteiger partial charge >= 0.3 is 0 Å². The molecule has 1 saturated heterocycles. The quantitative estimate of drug-likeness (QED) is 0.305. The van der Waals surface area contributed by atoms with Crippen molar-refractivity contribution in [1.29, 1.82) is 0 Å². The lowest BCUT2D eigenvalue weighted by Gasteiger charge is -2.22. The zero-order chi connectivity index (χ0) is 26.1. The highest BCUT2D eigenvalue weighted by Gasteiger charge is 2.33. The molecule has 3 heterocycles. The van der Waals surface area contributed by atoms with E-state index in [2.05, 4.69) is 16.9 Å². The fourth-order valence-corrected chi connectivity index (χ4v) is 4.74. The van der Waals surface area contributed by atoms with E-state index in [-0.39, 0.29) is 23.6 Å². The number of hydrogen-bond donors (Lipinski definition) is 2. The number of imidazole rings is 1. The van der Waals surface area contributed by atoms with Gasteiger partial charge in [-0.05, 0) is 62.2 Å². The number of benzene rings is 2. The number of nitrogen functional groups attached to an aromatic ring is 1. The molecule has 1 atom stereocenters. The van der Waals surface area contributed by atoms with E-state index in [9.17, 15) is 14.4 Å². The molecular weight excluding hydrogens is 468 g/mol. The Balaban J connectivity index is 1.51. The summed E-state index contributed by atoms with van der Waals surface area (Å²) < 4.78 is 1.88. The highest BCUT2D eigenvalue weighted by molar-refractivity contribution is 6.05. The lowest BCUT2D eigenvalue weighted by molar-refractivity contribution is -0.127. The van der Waals surface area contributed by atoms with Crippen molar-refractivity contribution in [3.63, 3.8) is 0 Å². The molecule has 0 saturated carbocycles. The monoisotopic (exact) mass is 494 g/mol. The summed E-state index contributed by atoms with van der Waals surface area (Å²) in [6.07, 6.45) is 6.34. The number of aromatic nitrogens is 3. The van der Waals surface area contributed by atoms with Gasteiger partial charge in [-0.25, -0.2) is 9.97 Å². The molecule has 4 aromatic rings. The average Bonchev–Trinajstić information content (AvgIpc) is 3.54. The molecule has 37 heavy (non-hydrogen) atoms. The standard InChI is InChI=1S/C28H26N6O3/c1-3-23(36)33-14-5-8-22(33)27-32-24(25-26(29)30-13-15-34(25)27)19-6-4-7-20(16-19)28(37)31-21-11-9-18(10-12-21)17(2)35/h3-4,6-7,9-13,15-16,22H,1,5,8,14H2,2H3,(H2,29,30)(H,31,37)/t22-/m0/s1. The van der Waals surface area contributed by atoms with Gasteiger partial charge in [0.15, 0.2) is 5.78 Å². The van der Waals surface area contributed by atoms with Gasteiger partial charge < -0.3 is 16.0 Å². The minimum absolute atomic E-state index is 0.0411. The zero-order valence-electron chi connectivity index (χ0n) is 20.3. The summed E-state index contributed by atoms with van der Waals surface area (Å²) in [4.78, 5) is 48.0. The van der Waals surface area contributed by atoms with Crippen LogP contribution >= 0.6 is 0 Å². The van der Waals surface area contributed by atoms with E-state index in [1.165, 1.54) is 13.0 Å². The lowest BCUT2D eigenvalue weighted by Crippen LogP contribution is -2.29. The number of nitrogens with zero attached hydrogens (tertiary/aromatic N) is 4. The lowest BCUT2D eigenvalue weighted by atomic mass is 10.1. The number of fused-ring (bicyclic) bond motifs is 1. The minimum Gasteiger partial charge on any atom is -0.382 e. The largest absolute Gasteiger partial charge is 0.382 e. The molecule has 9 heteroatoms. The van der Waals surface area contributed by atoms with Crippen LogP contribution in [0.25, 0.3) is 16.8 Å². The van der Waals surface area contributed by atoms with E-state index < -0.39 is 0 Å². The Morgan fingerprint density at radius 1 is 1.14 bits per heavy atom. The van der Waals surface area contributed by atoms with Crippen LogP contribution in [0, 0.1) is 0 Å². The smallest absolute Gasteiger partial charge is 0.255 e. The number of nitrogens with two attached hydrogens (primary N) is 1. The molecule has 3 N–H and O–H groups in total. The first-order valence-electron chi connectivity index (χ1n) is 12.0. The zero-order valence-corrected chi connectivity index (χ0v) is 20.3. The van der Waals surface area contributed by atoms with Gasteiger partial charge in [-0.1, -0.05) is 18.7 Å². The Morgan fingerprint density at radius 2 is 1.92 bits per heavy atom. The van der Waals surface area contributed by atoms with Crippen LogP contribution in [-0.4, -0.2) is 43.4 Å². The molecule has 1 aliphatic heterocycles. The van der Waals surface area contributed by atoms with E-state index in [1.54, 1.807) is 59.8 Å². The first kappa shape index (κ1) is 23.9. The summed E-state index contributed by atoms with van der Waals surface area (Å²) in [5.74, 6) is 0.507. The third-order valence-corrected chi connectivity index (χ3v) is 6.57. The molecule has 0 unspecified atom stereocenters. The second kappa shape index (κ2) is 9.69. The summed E-state index contributed by atoms with van der Waals surface area (Å²) in [5, 5.41) is 2.86. The Bertz CT molecular complexity index is 1540. The van der Waals surface area contributed by atoms with Crippen molar-refractivity contribution in [2.45, 2.75) is 25.8 Å². The third kappa shape index (κ3) is 4.47. The molecule has 1 fully saturated rings. The first-order chi connectivity index (χ1) is 17.9. The number of Topliss-reactive ketones (excluding diaryl/α,β-unsaturated/α-hetero) is 1. The van der Waals surface area contributed by atoms with Gasteiger partial charge in [0.05, 0.1) is 6.04 Å². The van der Waals surface area contributed by atoms with Gasteiger partial charge in [-0.2, -0.15) is 0 Å². The summed E-state index contributed by atoms with van der Waals surface area (Å²) >= 11 is 0. The molecule has 1 aliphatic rings. The highest BCUT2D eigenvalue weighted by atomic mass is 16.2. The van der Waals surface area contributed by atoms with Crippen LogP contribution in [0.4, 0.5) is 11.5 Å². The van der Waals surface area contributed by atoms with E-state index in [1.807, 2.05) is 10.5 Å². The molecule has 186 valence electrons. The molecule has 9 nitrogen and oxygen atoms in total. The summed E-state index contributed by atoms with van der Waals surface area (Å²) in [7, 11) is 0. The molecule has 0 radical (unpaired) electrons. The van der Waals surface area contributed by atoms with E-state index in [4.69, 9.17) is 10.7 Å². The van der Waals surface area contributed by atoms with Gasteiger partial charge in [0.2, 0.25) is 5.91 Å². The second-order valence-corrected chi connectivity index (χ2v) is 8.91. The van der Waals surface area contributed by atoms with E-state index in [0.29, 0.717) is 51.8 Å². The molecule has 0 aliphatic carbocycles. The first-order valence-corrected chi connectivity index (χ1v) is 12.0. The molecule has 2 aromatic heterocycles. The van der Waals surface area contributed by atoms with E-state index in [0.717, 1.165) is 12.8 Å². The second-order valence-electron chi connectivity index (χ2n) is 8.91. The maximum atomic E-state index is 13.0.